The molecule has 1 aromatic carbocycles. The summed E-state index contributed by atoms with van der Waals surface area (Å²) < 4.78 is 39.6. The fraction of sp³-hybridized carbons (Fsp3) is 0.500. The maximum absolute atomic E-state index is 12.9. The number of alkyl halides is 3. The van der Waals surface area contributed by atoms with Gasteiger partial charge in [-0.1, -0.05) is 29.3 Å². The fourth-order valence-electron chi connectivity index (χ4n) is 3.14. The second-order valence-corrected chi connectivity index (χ2v) is 10.0. The van der Waals surface area contributed by atoms with E-state index in [0.717, 1.165) is 11.1 Å². The molecule has 1 aromatic heterocycles. The quantitative estimate of drug-likeness (QED) is 0.648. The van der Waals surface area contributed by atoms with Gasteiger partial charge in [-0.3, -0.25) is 0 Å². The van der Waals surface area contributed by atoms with Gasteiger partial charge in [0.1, 0.15) is 5.82 Å². The number of thioether (sulfide) groups is 1. The van der Waals surface area contributed by atoms with E-state index in [1.54, 1.807) is 30.8 Å². The number of hydrogen-bond acceptors (Lipinski definition) is 4. The number of aryl methyl sites for hydroxylation is 1. The lowest BCUT2D eigenvalue weighted by Gasteiger charge is -2.27. The summed E-state index contributed by atoms with van der Waals surface area (Å²) in [5.41, 5.74) is 2.15. The SMILES string of the molecule is Cc1nn(CC(O)C(F)(F)F)c2c1[C@@H](c1ccc(Cl)cc1Cl)SC(C)(C)CN2. The third kappa shape index (κ3) is 4.40. The molecule has 2 N–H and O–H groups in total. The van der Waals surface area contributed by atoms with Gasteiger partial charge in [-0.15, -0.1) is 11.8 Å². The van der Waals surface area contributed by atoms with E-state index in [1.165, 1.54) is 4.68 Å². The van der Waals surface area contributed by atoms with Crippen LogP contribution in [0.1, 0.15) is 35.9 Å². The van der Waals surface area contributed by atoms with E-state index in [2.05, 4.69) is 10.4 Å². The molecule has 2 aromatic rings. The van der Waals surface area contributed by atoms with Crippen LogP contribution in [0.3, 0.4) is 0 Å². The maximum Gasteiger partial charge on any atom is 0.416 e. The van der Waals surface area contributed by atoms with Gasteiger partial charge in [-0.05, 0) is 38.5 Å². The summed E-state index contributed by atoms with van der Waals surface area (Å²) in [6.45, 7) is 5.67. The number of halogens is 5. The van der Waals surface area contributed by atoms with Crippen molar-refractivity contribution in [2.45, 2.75) is 49.6 Å². The summed E-state index contributed by atoms with van der Waals surface area (Å²) in [6.07, 6.45) is -7.22. The van der Waals surface area contributed by atoms with Gasteiger partial charge in [0.15, 0.2) is 6.10 Å². The van der Waals surface area contributed by atoms with Crippen LogP contribution in [0.5, 0.6) is 0 Å². The van der Waals surface area contributed by atoms with Gasteiger partial charge in [0.05, 0.1) is 17.5 Å². The maximum atomic E-state index is 12.9. The van der Waals surface area contributed by atoms with Crippen molar-refractivity contribution in [2.75, 3.05) is 11.9 Å². The number of aromatic nitrogens is 2. The zero-order valence-electron chi connectivity index (χ0n) is 15.4. The summed E-state index contributed by atoms with van der Waals surface area (Å²) in [5, 5.41) is 17.8. The van der Waals surface area contributed by atoms with Crippen LogP contribution < -0.4 is 5.32 Å². The second kappa shape index (κ2) is 7.63. The standard InChI is InChI=1S/C18H20Cl2F3N3OS/c1-9-14-15(11-5-4-10(19)6-12(11)20)28-17(2,3)8-24-16(14)26(25-9)7-13(27)18(21,22)23/h4-6,13,15,24,27H,7-8H2,1-3H3/t13?,15-/m1/s1. The van der Waals surface area contributed by atoms with Crippen LogP contribution in [0.25, 0.3) is 0 Å². The molecule has 28 heavy (non-hydrogen) atoms. The van der Waals surface area contributed by atoms with Gasteiger partial charge >= 0.3 is 6.18 Å². The van der Waals surface area contributed by atoms with E-state index in [9.17, 15) is 18.3 Å². The van der Waals surface area contributed by atoms with E-state index in [1.807, 2.05) is 19.9 Å². The molecule has 0 saturated carbocycles. The molecular weight excluding hydrogens is 434 g/mol. The molecule has 0 spiro atoms. The Bertz CT molecular complexity index is 886. The highest BCUT2D eigenvalue weighted by atomic mass is 35.5. The topological polar surface area (TPSA) is 50.1 Å². The van der Waals surface area contributed by atoms with Crippen molar-refractivity contribution in [1.82, 2.24) is 9.78 Å². The molecule has 0 saturated heterocycles. The Labute approximate surface area is 175 Å². The van der Waals surface area contributed by atoms with Gasteiger partial charge in [0.25, 0.3) is 0 Å². The molecule has 0 aliphatic carbocycles. The average Bonchev–Trinajstić information content (AvgIpc) is 2.77. The van der Waals surface area contributed by atoms with Crippen molar-refractivity contribution >= 4 is 40.8 Å². The number of hydrogen-bond donors (Lipinski definition) is 2. The van der Waals surface area contributed by atoms with Gasteiger partial charge in [-0.25, -0.2) is 4.68 Å². The molecule has 154 valence electrons. The van der Waals surface area contributed by atoms with Crippen LogP contribution in [-0.4, -0.2) is 38.5 Å². The van der Waals surface area contributed by atoms with E-state index in [-0.39, 0.29) is 10.00 Å². The van der Waals surface area contributed by atoms with E-state index in [4.69, 9.17) is 23.2 Å². The van der Waals surface area contributed by atoms with E-state index in [0.29, 0.717) is 28.1 Å². The molecule has 0 bridgehead atoms. The zero-order chi connectivity index (χ0) is 20.9. The van der Waals surface area contributed by atoms with Gasteiger partial charge in [-0.2, -0.15) is 18.3 Å². The van der Waals surface area contributed by atoms with Crippen molar-refractivity contribution in [3.05, 3.63) is 45.1 Å². The van der Waals surface area contributed by atoms with Crippen molar-refractivity contribution in [2.24, 2.45) is 0 Å². The van der Waals surface area contributed by atoms with Crippen LogP contribution in [0.15, 0.2) is 18.2 Å². The number of anilines is 1. The Hall–Kier alpha value is -1.09. The summed E-state index contributed by atoms with van der Waals surface area (Å²) in [6, 6.07) is 5.22. The lowest BCUT2D eigenvalue weighted by atomic mass is 10.0. The Balaban J connectivity index is 2.11. The fourth-order valence-corrected chi connectivity index (χ4v) is 5.25. The van der Waals surface area contributed by atoms with E-state index < -0.39 is 18.8 Å². The molecule has 2 heterocycles. The zero-order valence-corrected chi connectivity index (χ0v) is 17.8. The van der Waals surface area contributed by atoms with E-state index >= 15 is 0 Å². The van der Waals surface area contributed by atoms with Gasteiger partial charge in [0, 0.05) is 26.9 Å². The monoisotopic (exact) mass is 453 g/mol. The molecule has 1 unspecified atom stereocenters. The number of benzene rings is 1. The first-order chi connectivity index (χ1) is 12.9. The first-order valence-corrected chi connectivity index (χ1v) is 10.2. The molecule has 10 heteroatoms. The normalized spacial score (nSPS) is 20.2. The highest BCUT2D eigenvalue weighted by Crippen LogP contribution is 2.50. The average molecular weight is 454 g/mol. The lowest BCUT2D eigenvalue weighted by molar-refractivity contribution is -0.207. The molecule has 1 aliphatic rings. The summed E-state index contributed by atoms with van der Waals surface area (Å²) in [5.74, 6) is 0.467. The largest absolute Gasteiger partial charge is 0.416 e. The Morgan fingerprint density at radius 3 is 2.68 bits per heavy atom. The minimum absolute atomic E-state index is 0.230. The third-order valence-electron chi connectivity index (χ3n) is 4.52. The third-order valence-corrected chi connectivity index (χ3v) is 6.59. The predicted octanol–water partition coefficient (Wildman–Crippen LogP) is 5.45. The molecular formula is C18H20Cl2F3N3OS. The summed E-state index contributed by atoms with van der Waals surface area (Å²) >= 11 is 14.1. The number of nitrogens with zero attached hydrogens (tertiary/aromatic N) is 2. The molecule has 1 aliphatic heterocycles. The minimum Gasteiger partial charge on any atom is -0.382 e. The number of rotatable bonds is 3. The predicted molar refractivity (Wildman–Crippen MR) is 107 cm³/mol. The minimum atomic E-state index is -4.72. The van der Waals surface area contributed by atoms with Gasteiger partial charge < -0.3 is 10.4 Å². The van der Waals surface area contributed by atoms with Crippen LogP contribution in [0.2, 0.25) is 10.0 Å². The van der Waals surface area contributed by atoms with Crippen molar-refractivity contribution in [3.63, 3.8) is 0 Å². The van der Waals surface area contributed by atoms with Crippen LogP contribution in [0.4, 0.5) is 19.0 Å². The smallest absolute Gasteiger partial charge is 0.382 e. The van der Waals surface area contributed by atoms with Crippen molar-refractivity contribution in [3.8, 4) is 0 Å². The lowest BCUT2D eigenvalue weighted by Crippen LogP contribution is -2.34. The van der Waals surface area contributed by atoms with Crippen molar-refractivity contribution < 1.29 is 18.3 Å². The first kappa shape index (κ1) is 21.6. The molecule has 0 radical (unpaired) electrons. The Morgan fingerprint density at radius 1 is 1.39 bits per heavy atom. The molecule has 0 amide bonds. The molecule has 0 fully saturated rings. The highest BCUT2D eigenvalue weighted by molar-refractivity contribution is 8.01. The Morgan fingerprint density at radius 2 is 2.07 bits per heavy atom. The molecule has 2 atom stereocenters. The van der Waals surface area contributed by atoms with Crippen LogP contribution >= 0.6 is 35.0 Å². The van der Waals surface area contributed by atoms with Crippen molar-refractivity contribution in [1.29, 1.82) is 0 Å². The van der Waals surface area contributed by atoms with Crippen LogP contribution in [-0.2, 0) is 6.54 Å². The number of fused-ring (bicyclic) bond motifs is 1. The van der Waals surface area contributed by atoms with Gasteiger partial charge in [0.2, 0.25) is 0 Å². The number of nitrogens with one attached hydrogen (secondary N) is 1. The second-order valence-electron chi connectivity index (χ2n) is 7.36. The molecule has 3 rings (SSSR count). The summed E-state index contributed by atoms with van der Waals surface area (Å²) in [7, 11) is 0. The Kier molecular flexibility index (Phi) is 5.89. The highest BCUT2D eigenvalue weighted by Gasteiger charge is 2.41. The number of aliphatic hydroxyl groups excluding tert-OH is 1. The summed E-state index contributed by atoms with van der Waals surface area (Å²) in [4.78, 5) is 0. The molecule has 4 nitrogen and oxygen atoms in total. The number of aliphatic hydroxyl groups is 1. The first-order valence-electron chi connectivity index (χ1n) is 8.58. The van der Waals surface area contributed by atoms with Crippen LogP contribution in [0, 0.1) is 6.92 Å².